The number of hydrogen-bond acceptors (Lipinski definition) is 5. The molecule has 28 heavy (non-hydrogen) atoms. The first kappa shape index (κ1) is 19.6. The maximum Gasteiger partial charge on any atom is 0.254 e. The molecule has 0 aliphatic carbocycles. The van der Waals surface area contributed by atoms with Gasteiger partial charge in [-0.25, -0.2) is 4.98 Å². The van der Waals surface area contributed by atoms with Crippen LogP contribution >= 0.6 is 0 Å². The molecule has 0 saturated carbocycles. The summed E-state index contributed by atoms with van der Waals surface area (Å²) in [5, 5.41) is 12.8. The Hall–Kier alpha value is -3.19. The van der Waals surface area contributed by atoms with Crippen LogP contribution in [0.1, 0.15) is 18.9 Å². The summed E-state index contributed by atoms with van der Waals surface area (Å²) >= 11 is 0. The molecule has 1 fully saturated rings. The minimum Gasteiger partial charge on any atom is -0.444 e. The number of β-amino-alcohol motifs (C(OH)–C–C–N with tert-alkyl or cyclic N) is 1. The SMILES string of the molecule is C=CC(=CC)C(=O)N1CC(O)CC1C(=O)NCc1ccc(-c2cnco2)cc1. The Bertz CT molecular complexity index is 872. The van der Waals surface area contributed by atoms with Crippen LogP contribution in [-0.4, -0.2) is 45.5 Å². The van der Waals surface area contributed by atoms with Gasteiger partial charge in [-0.1, -0.05) is 43.0 Å². The number of amides is 2. The Morgan fingerprint density at radius 1 is 1.39 bits per heavy atom. The molecule has 1 saturated heterocycles. The number of hydrogen-bond donors (Lipinski definition) is 2. The predicted molar refractivity (Wildman–Crippen MR) is 104 cm³/mol. The van der Waals surface area contributed by atoms with E-state index in [0.29, 0.717) is 17.9 Å². The topological polar surface area (TPSA) is 95.7 Å². The Morgan fingerprint density at radius 3 is 2.75 bits per heavy atom. The van der Waals surface area contributed by atoms with Crippen LogP contribution in [-0.2, 0) is 16.1 Å². The molecule has 7 nitrogen and oxygen atoms in total. The molecule has 2 amide bonds. The summed E-state index contributed by atoms with van der Waals surface area (Å²) in [6, 6.07) is 6.85. The zero-order valence-corrected chi connectivity index (χ0v) is 15.7. The van der Waals surface area contributed by atoms with E-state index in [1.54, 1.807) is 19.2 Å². The predicted octanol–water partition coefficient (Wildman–Crippen LogP) is 2.05. The van der Waals surface area contributed by atoms with Gasteiger partial charge in [0.25, 0.3) is 5.91 Å². The van der Waals surface area contributed by atoms with E-state index in [0.717, 1.165) is 11.1 Å². The molecule has 2 aromatic rings. The van der Waals surface area contributed by atoms with E-state index in [9.17, 15) is 14.7 Å². The molecule has 1 aliphatic rings. The van der Waals surface area contributed by atoms with Gasteiger partial charge in [-0.2, -0.15) is 0 Å². The molecule has 7 heteroatoms. The zero-order chi connectivity index (χ0) is 20.1. The number of carbonyl (C=O) groups is 2. The van der Waals surface area contributed by atoms with Crippen molar-refractivity contribution >= 4 is 11.8 Å². The average molecular weight is 381 g/mol. The summed E-state index contributed by atoms with van der Waals surface area (Å²) in [6.07, 6.45) is 5.61. The molecule has 1 aromatic heterocycles. The highest BCUT2D eigenvalue weighted by molar-refractivity contribution is 5.99. The number of nitrogens with zero attached hydrogens (tertiary/aromatic N) is 2. The van der Waals surface area contributed by atoms with Crippen LogP contribution in [0.15, 0.2) is 65.6 Å². The van der Waals surface area contributed by atoms with Crippen LogP contribution in [0, 0.1) is 0 Å². The van der Waals surface area contributed by atoms with Gasteiger partial charge in [0.05, 0.1) is 12.3 Å². The third-order valence-corrected chi connectivity index (χ3v) is 4.76. The number of allylic oxidation sites excluding steroid dienone is 1. The monoisotopic (exact) mass is 381 g/mol. The number of carbonyl (C=O) groups excluding carboxylic acids is 2. The summed E-state index contributed by atoms with van der Waals surface area (Å²) in [4.78, 5) is 30.5. The Kier molecular flexibility index (Phi) is 6.06. The van der Waals surface area contributed by atoms with E-state index >= 15 is 0 Å². The molecule has 1 aliphatic heterocycles. The minimum atomic E-state index is -0.719. The first-order valence-corrected chi connectivity index (χ1v) is 9.06. The summed E-state index contributed by atoms with van der Waals surface area (Å²) in [6.45, 7) is 5.81. The van der Waals surface area contributed by atoms with Crippen molar-refractivity contribution in [3.63, 3.8) is 0 Å². The van der Waals surface area contributed by atoms with Gasteiger partial charge in [0, 0.05) is 30.6 Å². The lowest BCUT2D eigenvalue weighted by Crippen LogP contribution is -2.46. The van der Waals surface area contributed by atoms with E-state index < -0.39 is 12.1 Å². The molecular formula is C21H23N3O4. The van der Waals surface area contributed by atoms with Crippen LogP contribution in [0.2, 0.25) is 0 Å². The van der Waals surface area contributed by atoms with Crippen molar-refractivity contribution in [1.29, 1.82) is 0 Å². The fraction of sp³-hybridized carbons (Fsp3) is 0.286. The summed E-state index contributed by atoms with van der Waals surface area (Å²) < 4.78 is 5.25. The first-order valence-electron chi connectivity index (χ1n) is 9.06. The number of nitrogens with one attached hydrogen (secondary N) is 1. The smallest absolute Gasteiger partial charge is 0.254 e. The highest BCUT2D eigenvalue weighted by Gasteiger charge is 2.39. The van der Waals surface area contributed by atoms with Gasteiger partial charge >= 0.3 is 0 Å². The fourth-order valence-corrected chi connectivity index (χ4v) is 3.23. The van der Waals surface area contributed by atoms with Gasteiger partial charge in [-0.15, -0.1) is 0 Å². The molecule has 146 valence electrons. The molecule has 0 spiro atoms. The Morgan fingerprint density at radius 2 is 2.14 bits per heavy atom. The van der Waals surface area contributed by atoms with E-state index in [1.165, 1.54) is 17.4 Å². The Balaban J connectivity index is 1.63. The quantitative estimate of drug-likeness (QED) is 0.590. The standard InChI is InChI=1S/C21H23N3O4/c1-3-15(4-2)21(27)24-12-17(25)9-18(24)20(26)23-10-14-5-7-16(8-6-14)19-11-22-13-28-19/h3-8,11,13,17-18,25H,1,9-10,12H2,2H3,(H,23,26). The second-order valence-electron chi connectivity index (χ2n) is 6.59. The second-order valence-corrected chi connectivity index (χ2v) is 6.59. The van der Waals surface area contributed by atoms with Gasteiger partial charge in [-0.05, 0) is 12.5 Å². The van der Waals surface area contributed by atoms with Crippen LogP contribution < -0.4 is 5.32 Å². The van der Waals surface area contributed by atoms with Gasteiger partial charge in [0.1, 0.15) is 6.04 Å². The molecule has 0 radical (unpaired) electrons. The number of aliphatic hydroxyl groups excluding tert-OH is 1. The van der Waals surface area contributed by atoms with Crippen molar-refractivity contribution < 1.29 is 19.1 Å². The lowest BCUT2D eigenvalue weighted by Gasteiger charge is -2.24. The van der Waals surface area contributed by atoms with Gasteiger partial charge in [0.15, 0.2) is 12.2 Å². The largest absolute Gasteiger partial charge is 0.444 e. The van der Waals surface area contributed by atoms with Crippen molar-refractivity contribution in [3.05, 3.63) is 66.7 Å². The molecule has 2 N–H and O–H groups in total. The molecule has 2 unspecified atom stereocenters. The molecule has 2 atom stereocenters. The van der Waals surface area contributed by atoms with E-state index in [-0.39, 0.29) is 24.8 Å². The zero-order valence-electron chi connectivity index (χ0n) is 15.7. The average Bonchev–Trinajstić information content (AvgIpc) is 3.37. The van der Waals surface area contributed by atoms with Crippen molar-refractivity contribution in [3.8, 4) is 11.3 Å². The van der Waals surface area contributed by atoms with E-state index in [4.69, 9.17) is 4.42 Å². The maximum absolute atomic E-state index is 12.6. The molecule has 1 aromatic carbocycles. The molecule has 0 bridgehead atoms. The van der Waals surface area contributed by atoms with Crippen molar-refractivity contribution in [2.45, 2.75) is 32.0 Å². The lowest BCUT2D eigenvalue weighted by atomic mass is 10.1. The molecule has 2 heterocycles. The minimum absolute atomic E-state index is 0.133. The summed E-state index contributed by atoms with van der Waals surface area (Å²) in [5.41, 5.74) is 2.22. The van der Waals surface area contributed by atoms with Crippen molar-refractivity contribution in [1.82, 2.24) is 15.2 Å². The van der Waals surface area contributed by atoms with Crippen LogP contribution in [0.4, 0.5) is 0 Å². The highest BCUT2D eigenvalue weighted by Crippen LogP contribution is 2.22. The summed E-state index contributed by atoms with van der Waals surface area (Å²) in [7, 11) is 0. The third-order valence-electron chi connectivity index (χ3n) is 4.76. The molecular weight excluding hydrogens is 358 g/mol. The number of aromatic nitrogens is 1. The van der Waals surface area contributed by atoms with E-state index in [1.807, 2.05) is 24.3 Å². The number of rotatable bonds is 6. The van der Waals surface area contributed by atoms with Gasteiger partial charge in [-0.3, -0.25) is 9.59 Å². The Labute approximate surface area is 163 Å². The van der Waals surface area contributed by atoms with Crippen LogP contribution in [0.5, 0.6) is 0 Å². The van der Waals surface area contributed by atoms with Crippen LogP contribution in [0.25, 0.3) is 11.3 Å². The second kappa shape index (κ2) is 8.67. The van der Waals surface area contributed by atoms with Crippen molar-refractivity contribution in [2.24, 2.45) is 0 Å². The van der Waals surface area contributed by atoms with Crippen LogP contribution in [0.3, 0.4) is 0 Å². The number of benzene rings is 1. The van der Waals surface area contributed by atoms with Gasteiger partial charge < -0.3 is 19.7 Å². The lowest BCUT2D eigenvalue weighted by molar-refractivity contribution is -0.135. The normalized spacial score (nSPS) is 19.5. The van der Waals surface area contributed by atoms with Gasteiger partial charge in [0.2, 0.25) is 5.91 Å². The van der Waals surface area contributed by atoms with E-state index in [2.05, 4.69) is 16.9 Å². The van der Waals surface area contributed by atoms with Crippen molar-refractivity contribution in [2.75, 3.05) is 6.54 Å². The first-order chi connectivity index (χ1) is 13.5. The fourth-order valence-electron chi connectivity index (χ4n) is 3.23. The number of oxazole rings is 1. The summed E-state index contributed by atoms with van der Waals surface area (Å²) in [5.74, 6) is 0.0843. The maximum atomic E-state index is 12.6. The highest BCUT2D eigenvalue weighted by atomic mass is 16.3. The number of aliphatic hydroxyl groups is 1. The number of likely N-dealkylation sites (tertiary alicyclic amines) is 1. The third kappa shape index (κ3) is 4.20. The molecule has 3 rings (SSSR count).